The van der Waals surface area contributed by atoms with Crippen LogP contribution in [0.1, 0.15) is 22.9 Å². The molecule has 0 amide bonds. The summed E-state index contributed by atoms with van der Waals surface area (Å²) in [6, 6.07) is 5.69. The highest BCUT2D eigenvalue weighted by molar-refractivity contribution is 5.32. The van der Waals surface area contributed by atoms with E-state index in [1.165, 1.54) is 29.0 Å². The molecule has 0 aliphatic rings. The van der Waals surface area contributed by atoms with Crippen LogP contribution in [0.5, 0.6) is 0 Å². The summed E-state index contributed by atoms with van der Waals surface area (Å²) in [7, 11) is 0. The zero-order valence-corrected chi connectivity index (χ0v) is 12.2. The Morgan fingerprint density at radius 1 is 1.32 bits per heavy atom. The van der Waals surface area contributed by atoms with Crippen LogP contribution in [0.2, 0.25) is 0 Å². The number of halogens is 1. The maximum atomic E-state index is 13.2. The first-order chi connectivity index (χ1) is 10.5. The average molecular weight is 302 g/mol. The number of aromatic nitrogens is 4. The van der Waals surface area contributed by atoms with E-state index in [9.17, 15) is 14.3 Å². The Bertz CT molecular complexity index is 900. The van der Waals surface area contributed by atoms with E-state index in [1.54, 1.807) is 24.5 Å². The lowest BCUT2D eigenvalue weighted by atomic mass is 10.0. The number of fused-ring (bicyclic) bond motifs is 1. The first-order valence-electron chi connectivity index (χ1n) is 6.81. The van der Waals surface area contributed by atoms with E-state index in [0.29, 0.717) is 22.6 Å². The van der Waals surface area contributed by atoms with Crippen molar-refractivity contribution in [3.05, 3.63) is 63.6 Å². The molecule has 0 fully saturated rings. The van der Waals surface area contributed by atoms with E-state index >= 15 is 0 Å². The molecule has 22 heavy (non-hydrogen) atoms. The fourth-order valence-corrected chi connectivity index (χ4v) is 2.56. The maximum Gasteiger partial charge on any atom is 0.275 e. The molecule has 1 N–H and O–H groups in total. The van der Waals surface area contributed by atoms with Crippen molar-refractivity contribution in [1.29, 1.82) is 0 Å². The number of benzene rings is 1. The number of hydrogen-bond donors (Lipinski definition) is 1. The molecule has 1 unspecified atom stereocenters. The van der Waals surface area contributed by atoms with Gasteiger partial charge < -0.3 is 9.67 Å². The topological polar surface area (TPSA) is 72.4 Å². The highest BCUT2D eigenvalue weighted by atomic mass is 19.1. The van der Waals surface area contributed by atoms with Crippen LogP contribution in [0.25, 0.3) is 5.78 Å². The van der Waals surface area contributed by atoms with Crippen molar-refractivity contribution in [2.45, 2.75) is 26.5 Å². The minimum absolute atomic E-state index is 0.195. The zero-order valence-electron chi connectivity index (χ0n) is 12.2. The third kappa shape index (κ3) is 2.39. The fraction of sp³-hybridized carbons (Fsp3) is 0.267. The lowest BCUT2D eigenvalue weighted by Crippen LogP contribution is -2.22. The van der Waals surface area contributed by atoms with Gasteiger partial charge in [-0.2, -0.15) is 14.6 Å². The fourth-order valence-electron chi connectivity index (χ4n) is 2.56. The van der Waals surface area contributed by atoms with Crippen molar-refractivity contribution >= 4 is 5.78 Å². The summed E-state index contributed by atoms with van der Waals surface area (Å²) >= 11 is 0. The largest absolute Gasteiger partial charge is 0.387 e. The van der Waals surface area contributed by atoms with Gasteiger partial charge in [-0.15, -0.1) is 0 Å². The normalized spacial score (nSPS) is 12.7. The summed E-state index contributed by atoms with van der Waals surface area (Å²) in [6.07, 6.45) is 0.449. The Labute approximate surface area is 125 Å². The summed E-state index contributed by atoms with van der Waals surface area (Å²) < 4.78 is 16.1. The monoisotopic (exact) mass is 302 g/mol. The summed E-state index contributed by atoms with van der Waals surface area (Å²) in [5.74, 6) is 0.0247. The molecular weight excluding hydrogens is 287 g/mol. The number of aliphatic hydroxyl groups is 1. The van der Waals surface area contributed by atoms with Crippen LogP contribution in [0.15, 0.2) is 35.4 Å². The quantitative estimate of drug-likeness (QED) is 0.793. The van der Waals surface area contributed by atoms with E-state index in [0.717, 1.165) is 0 Å². The van der Waals surface area contributed by atoms with Gasteiger partial charge in [-0.05, 0) is 37.1 Å². The van der Waals surface area contributed by atoms with E-state index in [1.807, 2.05) is 0 Å². The molecule has 2 heterocycles. The van der Waals surface area contributed by atoms with Crippen LogP contribution in [0.3, 0.4) is 0 Å². The second kappa shape index (κ2) is 5.34. The van der Waals surface area contributed by atoms with Crippen molar-refractivity contribution in [3.8, 4) is 0 Å². The molecule has 3 aromatic rings. The molecule has 0 saturated carbocycles. The SMILES string of the molecule is Cc1cc(F)ccc1C(O)Cn1c(C)cc(=O)n2ncnc12. The van der Waals surface area contributed by atoms with Gasteiger partial charge in [-0.1, -0.05) is 6.07 Å². The molecule has 7 heteroatoms. The third-order valence-corrected chi connectivity index (χ3v) is 3.68. The first kappa shape index (κ1) is 14.4. The van der Waals surface area contributed by atoms with Gasteiger partial charge in [0.05, 0.1) is 12.6 Å². The van der Waals surface area contributed by atoms with Gasteiger partial charge >= 0.3 is 0 Å². The molecule has 0 aliphatic carbocycles. The Balaban J connectivity index is 2.03. The average Bonchev–Trinajstić information content (AvgIpc) is 2.93. The van der Waals surface area contributed by atoms with Crippen LogP contribution < -0.4 is 5.56 Å². The molecule has 0 bridgehead atoms. The van der Waals surface area contributed by atoms with Gasteiger partial charge in [0.2, 0.25) is 5.78 Å². The molecule has 0 radical (unpaired) electrons. The molecule has 3 rings (SSSR count). The van der Waals surface area contributed by atoms with Crippen molar-refractivity contribution < 1.29 is 9.50 Å². The molecule has 0 saturated heterocycles. The van der Waals surface area contributed by atoms with Gasteiger partial charge in [-0.3, -0.25) is 4.79 Å². The smallest absolute Gasteiger partial charge is 0.275 e. The molecule has 1 atom stereocenters. The van der Waals surface area contributed by atoms with E-state index < -0.39 is 6.10 Å². The highest BCUT2D eigenvalue weighted by Gasteiger charge is 2.15. The number of nitrogens with zero attached hydrogens (tertiary/aromatic N) is 4. The van der Waals surface area contributed by atoms with E-state index in [2.05, 4.69) is 10.1 Å². The van der Waals surface area contributed by atoms with Crippen molar-refractivity contribution in [1.82, 2.24) is 19.2 Å². The van der Waals surface area contributed by atoms with Crippen LogP contribution in [-0.4, -0.2) is 24.3 Å². The predicted octanol–water partition coefficient (Wildman–Crippen LogP) is 1.38. The van der Waals surface area contributed by atoms with E-state index in [-0.39, 0.29) is 17.9 Å². The Hall–Kier alpha value is -2.54. The Kier molecular flexibility index (Phi) is 3.50. The third-order valence-electron chi connectivity index (χ3n) is 3.68. The number of rotatable bonds is 3. The molecule has 0 aliphatic heterocycles. The molecule has 2 aromatic heterocycles. The minimum atomic E-state index is -0.845. The van der Waals surface area contributed by atoms with Gasteiger partial charge in [0, 0.05) is 11.8 Å². The second-order valence-electron chi connectivity index (χ2n) is 5.22. The Morgan fingerprint density at radius 3 is 2.82 bits per heavy atom. The summed E-state index contributed by atoms with van der Waals surface area (Å²) in [5, 5.41) is 14.3. The predicted molar refractivity (Wildman–Crippen MR) is 78.1 cm³/mol. The van der Waals surface area contributed by atoms with Crippen LogP contribution >= 0.6 is 0 Å². The van der Waals surface area contributed by atoms with Crippen molar-refractivity contribution in [2.75, 3.05) is 0 Å². The molecular formula is C15H15FN4O2. The molecule has 1 aromatic carbocycles. The second-order valence-corrected chi connectivity index (χ2v) is 5.22. The van der Waals surface area contributed by atoms with Crippen molar-refractivity contribution in [3.63, 3.8) is 0 Å². The summed E-state index contributed by atoms with van der Waals surface area (Å²) in [4.78, 5) is 15.9. The summed E-state index contributed by atoms with van der Waals surface area (Å²) in [5.41, 5.74) is 1.71. The van der Waals surface area contributed by atoms with Gasteiger partial charge in [0.1, 0.15) is 12.1 Å². The first-order valence-corrected chi connectivity index (χ1v) is 6.81. The van der Waals surface area contributed by atoms with Gasteiger partial charge in [0.25, 0.3) is 5.56 Å². The highest BCUT2D eigenvalue weighted by Crippen LogP contribution is 2.21. The molecule has 114 valence electrons. The number of hydrogen-bond acceptors (Lipinski definition) is 4. The van der Waals surface area contributed by atoms with Crippen molar-refractivity contribution in [2.24, 2.45) is 0 Å². The molecule has 6 nitrogen and oxygen atoms in total. The number of aliphatic hydroxyl groups excluding tert-OH is 1. The standard InChI is InChI=1S/C15H15FN4O2/c1-9-5-11(16)3-4-12(9)13(21)7-19-10(2)6-14(22)20-15(19)17-8-18-20/h3-6,8,13,21H,7H2,1-2H3. The lowest BCUT2D eigenvalue weighted by molar-refractivity contribution is 0.155. The summed E-state index contributed by atoms with van der Waals surface area (Å²) in [6.45, 7) is 3.70. The van der Waals surface area contributed by atoms with Gasteiger partial charge in [0.15, 0.2) is 0 Å². The Morgan fingerprint density at radius 2 is 2.09 bits per heavy atom. The van der Waals surface area contributed by atoms with Crippen LogP contribution in [-0.2, 0) is 6.54 Å². The van der Waals surface area contributed by atoms with E-state index in [4.69, 9.17) is 0 Å². The zero-order chi connectivity index (χ0) is 15.9. The van der Waals surface area contributed by atoms with Crippen LogP contribution in [0.4, 0.5) is 4.39 Å². The lowest BCUT2D eigenvalue weighted by Gasteiger charge is -2.18. The van der Waals surface area contributed by atoms with Crippen LogP contribution in [0, 0.1) is 19.7 Å². The maximum absolute atomic E-state index is 13.2. The molecule has 0 spiro atoms. The minimum Gasteiger partial charge on any atom is -0.387 e. The number of aryl methyl sites for hydroxylation is 2. The van der Waals surface area contributed by atoms with Gasteiger partial charge in [-0.25, -0.2) is 4.39 Å².